The molecule has 1 spiro atoms. The summed E-state index contributed by atoms with van der Waals surface area (Å²) in [7, 11) is -3.91. The molecule has 11 heteroatoms. The van der Waals surface area contributed by atoms with E-state index in [0.29, 0.717) is 23.3 Å². The SMILES string of the molecule is CCOC(=O)CCc1cc(C2=CCN(S(=O)(=O)c3ccccc3)CC23CCN(C(=O)OC(C)(C)C)C3=O)co1. The fourth-order valence-electron chi connectivity index (χ4n) is 4.93. The van der Waals surface area contributed by atoms with E-state index in [1.165, 1.54) is 22.7 Å². The molecular formula is C28H34N2O8S. The number of nitrogens with zero attached hydrogens (tertiary/aromatic N) is 2. The van der Waals surface area contributed by atoms with Crippen molar-refractivity contribution in [2.24, 2.45) is 5.41 Å². The van der Waals surface area contributed by atoms with Crippen LogP contribution in [-0.2, 0) is 35.5 Å². The van der Waals surface area contributed by atoms with E-state index in [1.54, 1.807) is 58.0 Å². The van der Waals surface area contributed by atoms with Gasteiger partial charge in [0, 0.05) is 31.6 Å². The number of likely N-dealkylation sites (tertiary alicyclic amines) is 1. The van der Waals surface area contributed by atoms with E-state index < -0.39 is 33.0 Å². The highest BCUT2D eigenvalue weighted by molar-refractivity contribution is 7.89. The lowest BCUT2D eigenvalue weighted by Crippen LogP contribution is -2.50. The first-order chi connectivity index (χ1) is 18.4. The minimum atomic E-state index is -3.91. The summed E-state index contributed by atoms with van der Waals surface area (Å²) < 4.78 is 44.4. The number of hydrogen-bond donors (Lipinski definition) is 0. The van der Waals surface area contributed by atoms with Crippen LogP contribution in [0, 0.1) is 5.41 Å². The second-order valence-corrected chi connectivity index (χ2v) is 12.5. The van der Waals surface area contributed by atoms with E-state index in [4.69, 9.17) is 13.9 Å². The van der Waals surface area contributed by atoms with Crippen LogP contribution >= 0.6 is 0 Å². The molecule has 210 valence electrons. The second kappa shape index (κ2) is 11.0. The molecule has 0 bridgehead atoms. The van der Waals surface area contributed by atoms with E-state index in [2.05, 4.69) is 0 Å². The number of ether oxygens (including phenoxy) is 2. The Morgan fingerprint density at radius 1 is 1.15 bits per heavy atom. The Morgan fingerprint density at radius 3 is 2.54 bits per heavy atom. The zero-order valence-corrected chi connectivity index (χ0v) is 23.5. The molecule has 1 aromatic carbocycles. The predicted octanol–water partition coefficient (Wildman–Crippen LogP) is 4.02. The third kappa shape index (κ3) is 5.94. The van der Waals surface area contributed by atoms with Crippen LogP contribution in [0.1, 0.15) is 51.9 Å². The smallest absolute Gasteiger partial charge is 0.417 e. The maximum absolute atomic E-state index is 14.0. The van der Waals surface area contributed by atoms with Crippen molar-refractivity contribution < 1.29 is 36.7 Å². The van der Waals surface area contributed by atoms with E-state index in [9.17, 15) is 22.8 Å². The number of benzene rings is 1. The highest BCUT2D eigenvalue weighted by Gasteiger charge is 2.55. The van der Waals surface area contributed by atoms with Crippen LogP contribution in [0.2, 0.25) is 0 Å². The summed E-state index contributed by atoms with van der Waals surface area (Å²) >= 11 is 0. The molecular weight excluding hydrogens is 524 g/mol. The monoisotopic (exact) mass is 558 g/mol. The van der Waals surface area contributed by atoms with Gasteiger partial charge in [0.2, 0.25) is 15.9 Å². The number of carbonyl (C=O) groups is 3. The molecule has 2 amide bonds. The van der Waals surface area contributed by atoms with Crippen LogP contribution in [0.5, 0.6) is 0 Å². The Bertz CT molecular complexity index is 1370. The lowest BCUT2D eigenvalue weighted by atomic mass is 9.74. The van der Waals surface area contributed by atoms with Crippen molar-refractivity contribution in [3.63, 3.8) is 0 Å². The summed E-state index contributed by atoms with van der Waals surface area (Å²) in [6.45, 7) is 7.14. The zero-order valence-electron chi connectivity index (χ0n) is 22.6. The number of sulfonamides is 1. The Kier molecular flexibility index (Phi) is 8.04. The van der Waals surface area contributed by atoms with Crippen molar-refractivity contribution in [1.82, 2.24) is 9.21 Å². The molecule has 2 aliphatic heterocycles. The Morgan fingerprint density at radius 2 is 1.87 bits per heavy atom. The normalized spacial score (nSPS) is 20.3. The van der Waals surface area contributed by atoms with Gasteiger partial charge in [-0.25, -0.2) is 18.1 Å². The molecule has 2 aliphatic rings. The average Bonchev–Trinajstić information content (AvgIpc) is 3.48. The number of esters is 1. The highest BCUT2D eigenvalue weighted by atomic mass is 32.2. The lowest BCUT2D eigenvalue weighted by molar-refractivity contribution is -0.143. The van der Waals surface area contributed by atoms with Crippen LogP contribution in [0.4, 0.5) is 4.79 Å². The number of hydrogen-bond acceptors (Lipinski definition) is 8. The summed E-state index contributed by atoms with van der Waals surface area (Å²) in [4.78, 5) is 39.8. The number of rotatable bonds is 7. The molecule has 1 saturated heterocycles. The third-order valence-electron chi connectivity index (χ3n) is 6.72. The van der Waals surface area contributed by atoms with Crippen molar-refractivity contribution in [1.29, 1.82) is 0 Å². The van der Waals surface area contributed by atoms with Crippen LogP contribution in [-0.4, -0.2) is 67.4 Å². The fourth-order valence-corrected chi connectivity index (χ4v) is 6.39. The second-order valence-electron chi connectivity index (χ2n) is 10.6. The number of imide groups is 1. The van der Waals surface area contributed by atoms with Gasteiger partial charge in [-0.1, -0.05) is 24.3 Å². The third-order valence-corrected chi connectivity index (χ3v) is 8.54. The predicted molar refractivity (Wildman–Crippen MR) is 142 cm³/mol. The first-order valence-electron chi connectivity index (χ1n) is 12.9. The summed E-state index contributed by atoms with van der Waals surface area (Å²) in [6.07, 6.45) is 3.10. The molecule has 1 unspecified atom stereocenters. The maximum atomic E-state index is 14.0. The molecule has 1 fully saturated rings. The van der Waals surface area contributed by atoms with Crippen LogP contribution < -0.4 is 0 Å². The molecule has 39 heavy (non-hydrogen) atoms. The number of aryl methyl sites for hydroxylation is 1. The minimum absolute atomic E-state index is 0.0391. The quantitative estimate of drug-likeness (QED) is 0.467. The summed E-state index contributed by atoms with van der Waals surface area (Å²) in [6, 6.07) is 9.78. The van der Waals surface area contributed by atoms with Crippen molar-refractivity contribution in [3.05, 3.63) is 60.1 Å². The molecule has 10 nitrogen and oxygen atoms in total. The molecule has 0 N–H and O–H groups in total. The van der Waals surface area contributed by atoms with Crippen molar-refractivity contribution in [3.8, 4) is 0 Å². The molecule has 3 heterocycles. The van der Waals surface area contributed by atoms with Gasteiger partial charge in [0.25, 0.3) is 0 Å². The van der Waals surface area contributed by atoms with Gasteiger partial charge >= 0.3 is 12.1 Å². The maximum Gasteiger partial charge on any atom is 0.417 e. The van der Waals surface area contributed by atoms with E-state index >= 15 is 0 Å². The number of amides is 2. The van der Waals surface area contributed by atoms with Gasteiger partial charge < -0.3 is 13.9 Å². The van der Waals surface area contributed by atoms with Gasteiger partial charge in [-0.2, -0.15) is 4.31 Å². The van der Waals surface area contributed by atoms with Crippen LogP contribution in [0.25, 0.3) is 5.57 Å². The molecule has 1 atom stereocenters. The molecule has 0 saturated carbocycles. The Labute approximate surface area is 228 Å². The van der Waals surface area contributed by atoms with E-state index in [-0.39, 0.29) is 49.9 Å². The molecule has 4 rings (SSSR count). The van der Waals surface area contributed by atoms with Gasteiger partial charge in [0.15, 0.2) is 0 Å². The van der Waals surface area contributed by atoms with Gasteiger partial charge in [-0.15, -0.1) is 0 Å². The first kappa shape index (κ1) is 28.6. The highest BCUT2D eigenvalue weighted by Crippen LogP contribution is 2.48. The van der Waals surface area contributed by atoms with Crippen LogP contribution in [0.3, 0.4) is 0 Å². The van der Waals surface area contributed by atoms with Gasteiger partial charge in [0.05, 0.1) is 29.6 Å². The molecule has 1 aromatic heterocycles. The van der Waals surface area contributed by atoms with E-state index in [0.717, 1.165) is 4.90 Å². The number of furan rings is 1. The van der Waals surface area contributed by atoms with E-state index in [1.807, 2.05) is 0 Å². The van der Waals surface area contributed by atoms with Crippen molar-refractivity contribution >= 4 is 33.6 Å². The largest absolute Gasteiger partial charge is 0.469 e. The summed E-state index contributed by atoms with van der Waals surface area (Å²) in [5.41, 5.74) is -0.937. The standard InChI is InChI=1S/C28H34N2O8S/c1-5-36-24(31)12-11-21-17-20(18-37-21)23-13-15-29(39(34,35)22-9-7-6-8-10-22)19-28(23)14-16-30(25(28)32)26(33)38-27(2,3)4/h6-10,13,17-18H,5,11-12,14-16,19H2,1-4H3. The zero-order chi connectivity index (χ0) is 28.4. The minimum Gasteiger partial charge on any atom is -0.469 e. The summed E-state index contributed by atoms with van der Waals surface area (Å²) in [5, 5.41) is 0. The molecule has 0 radical (unpaired) electrons. The first-order valence-corrected chi connectivity index (χ1v) is 14.4. The van der Waals surface area contributed by atoms with Gasteiger partial charge in [0.1, 0.15) is 11.4 Å². The van der Waals surface area contributed by atoms with Gasteiger partial charge in [-0.05, 0) is 57.9 Å². The Hall–Kier alpha value is -3.44. The van der Waals surface area contributed by atoms with Crippen LogP contribution in [0.15, 0.2) is 58.1 Å². The van der Waals surface area contributed by atoms with Gasteiger partial charge in [-0.3, -0.25) is 9.59 Å². The molecule has 2 aromatic rings. The average molecular weight is 559 g/mol. The topological polar surface area (TPSA) is 123 Å². The summed E-state index contributed by atoms with van der Waals surface area (Å²) in [5.74, 6) is -0.336. The lowest BCUT2D eigenvalue weighted by Gasteiger charge is -2.38. The fraction of sp³-hybridized carbons (Fsp3) is 0.464. The Balaban J connectivity index is 1.69. The van der Waals surface area contributed by atoms with Crippen molar-refractivity contribution in [2.45, 2.75) is 57.5 Å². The molecule has 0 aliphatic carbocycles. The number of carbonyl (C=O) groups excluding carboxylic acids is 3. The van der Waals surface area contributed by atoms with Crippen molar-refractivity contribution in [2.75, 3.05) is 26.2 Å².